The van der Waals surface area contributed by atoms with Gasteiger partial charge < -0.3 is 25.4 Å². The largest absolute Gasteiger partial charge is 0.478 e. The van der Waals surface area contributed by atoms with Gasteiger partial charge in [0.2, 0.25) is 17.6 Å². The van der Waals surface area contributed by atoms with Crippen LogP contribution in [0.3, 0.4) is 0 Å². The highest BCUT2D eigenvalue weighted by Crippen LogP contribution is 2.32. The second-order valence-corrected chi connectivity index (χ2v) is 14.9. The molecule has 2 aromatic carbocycles. The van der Waals surface area contributed by atoms with E-state index in [-0.39, 0.29) is 18.2 Å². The number of nitrogens with zero attached hydrogens (tertiary/aromatic N) is 6. The van der Waals surface area contributed by atoms with Gasteiger partial charge in [0.15, 0.2) is 0 Å². The van der Waals surface area contributed by atoms with Crippen molar-refractivity contribution in [3.8, 4) is 28.4 Å². The fraction of sp³-hybridized carbons (Fsp3) is 0.462. The smallest absolute Gasteiger partial charge is 0.407 e. The van der Waals surface area contributed by atoms with Crippen LogP contribution >= 0.6 is 0 Å². The van der Waals surface area contributed by atoms with Crippen LogP contribution in [-0.4, -0.2) is 93.9 Å². The van der Waals surface area contributed by atoms with Crippen molar-refractivity contribution in [2.24, 2.45) is 17.6 Å². The summed E-state index contributed by atoms with van der Waals surface area (Å²) >= 11 is 0. The van der Waals surface area contributed by atoms with E-state index in [9.17, 15) is 14.4 Å². The number of aromatic amines is 1. The van der Waals surface area contributed by atoms with Crippen molar-refractivity contribution in [1.29, 1.82) is 0 Å². The van der Waals surface area contributed by atoms with E-state index in [0.29, 0.717) is 78.5 Å². The van der Waals surface area contributed by atoms with Crippen LogP contribution in [0.5, 0.6) is 5.88 Å². The molecule has 3 amide bonds. The minimum Gasteiger partial charge on any atom is -0.478 e. The Hall–Kier alpha value is -5.28. The number of H-pyrrole nitrogens is 1. The number of anilines is 1. The number of benzene rings is 2. The van der Waals surface area contributed by atoms with Gasteiger partial charge in [-0.15, -0.1) is 10.2 Å². The predicted molar refractivity (Wildman–Crippen MR) is 202 cm³/mol. The lowest BCUT2D eigenvalue weighted by Crippen LogP contribution is -2.50. The van der Waals surface area contributed by atoms with Gasteiger partial charge in [-0.25, -0.2) is 19.1 Å². The van der Waals surface area contributed by atoms with Crippen molar-refractivity contribution in [1.82, 2.24) is 35.8 Å². The first-order valence-corrected chi connectivity index (χ1v) is 18.2. The number of pyridine rings is 1. The molecule has 0 unspecified atom stereocenters. The van der Waals surface area contributed by atoms with E-state index in [1.807, 2.05) is 14.1 Å². The standard InChI is InChI=1S/C39H50FN9O5/c1-39(2,3)54-38(52)43-23-25-7-10-28(11-8-25)36(50)49(30-15-12-27(13-16-30)35-44-46-47-45-35)37(51)33(41)22-26-9-17-31(32(40)21-26)29-14-18-34(42-24-29)53-20-6-19-48(4)5/h9,12-18,21,24-25,28,33H,6-8,10-11,19-20,22-23,41H2,1-5H3,(H,43,52)(H,44,45,46,47)/t25?,28?,33-/m0/s1. The zero-order valence-electron chi connectivity index (χ0n) is 31.5. The monoisotopic (exact) mass is 743 g/mol. The summed E-state index contributed by atoms with van der Waals surface area (Å²) in [7, 11) is 4.00. The fourth-order valence-corrected chi connectivity index (χ4v) is 6.35. The van der Waals surface area contributed by atoms with E-state index in [2.05, 4.69) is 35.8 Å². The van der Waals surface area contributed by atoms with Crippen molar-refractivity contribution < 1.29 is 28.2 Å². The third-order valence-corrected chi connectivity index (χ3v) is 9.15. The molecule has 2 aromatic heterocycles. The number of nitrogens with two attached hydrogens (primary N) is 1. The van der Waals surface area contributed by atoms with Crippen molar-refractivity contribution in [2.75, 3.05) is 38.7 Å². The number of imide groups is 1. The molecule has 0 bridgehead atoms. The molecule has 1 atom stereocenters. The summed E-state index contributed by atoms with van der Waals surface area (Å²) in [4.78, 5) is 48.0. The van der Waals surface area contributed by atoms with Gasteiger partial charge in [-0.2, -0.15) is 5.21 Å². The maximum atomic E-state index is 15.5. The SMILES string of the molecule is CN(C)CCCOc1ccc(-c2ccc(C[C@H](N)C(=O)N(C(=O)C3CCC(CNC(=O)OC(C)(C)C)CC3)c3ccc(-c4nn[nH]n4)cc3)cc2F)cn1. The molecule has 0 radical (unpaired) electrons. The molecule has 5 rings (SSSR count). The normalized spacial score (nSPS) is 16.4. The molecule has 54 heavy (non-hydrogen) atoms. The van der Waals surface area contributed by atoms with E-state index < -0.39 is 35.4 Å². The number of rotatable bonds is 14. The number of aromatic nitrogens is 5. The average Bonchev–Trinajstić information content (AvgIpc) is 3.68. The molecular weight excluding hydrogens is 693 g/mol. The molecular formula is C39H50FN9O5. The summed E-state index contributed by atoms with van der Waals surface area (Å²) in [5.41, 5.74) is 8.32. The number of amides is 3. The fourth-order valence-electron chi connectivity index (χ4n) is 6.35. The second kappa shape index (κ2) is 18.2. The van der Waals surface area contributed by atoms with Crippen LogP contribution in [0.15, 0.2) is 60.8 Å². The maximum absolute atomic E-state index is 15.5. The summed E-state index contributed by atoms with van der Waals surface area (Å²) in [6.45, 7) is 7.27. The zero-order valence-corrected chi connectivity index (χ0v) is 31.5. The minimum atomic E-state index is -1.14. The van der Waals surface area contributed by atoms with E-state index in [1.54, 1.807) is 75.5 Å². The molecule has 288 valence electrons. The van der Waals surface area contributed by atoms with Crippen LogP contribution < -0.4 is 20.7 Å². The Bertz CT molecular complexity index is 1840. The van der Waals surface area contributed by atoms with Crippen LogP contribution in [0.25, 0.3) is 22.5 Å². The Labute approximate surface area is 315 Å². The van der Waals surface area contributed by atoms with Crippen LogP contribution in [0.2, 0.25) is 0 Å². The molecule has 1 aliphatic rings. The summed E-state index contributed by atoms with van der Waals surface area (Å²) in [6, 6.07) is 13.7. The van der Waals surface area contributed by atoms with Gasteiger partial charge in [-0.1, -0.05) is 12.1 Å². The summed E-state index contributed by atoms with van der Waals surface area (Å²) in [5.74, 6) is -0.892. The Balaban J connectivity index is 1.26. The molecule has 0 spiro atoms. The molecule has 4 aromatic rings. The third kappa shape index (κ3) is 11.1. The van der Waals surface area contributed by atoms with Crippen molar-refractivity contribution >= 4 is 23.6 Å². The highest BCUT2D eigenvalue weighted by atomic mass is 19.1. The Morgan fingerprint density at radius 3 is 2.35 bits per heavy atom. The number of alkyl carbamates (subject to hydrolysis) is 1. The summed E-state index contributed by atoms with van der Waals surface area (Å²) in [6.07, 6.45) is 4.38. The molecule has 14 nitrogen and oxygen atoms in total. The zero-order chi connectivity index (χ0) is 38.8. The van der Waals surface area contributed by atoms with Gasteiger partial charge in [-0.3, -0.25) is 9.59 Å². The number of halogens is 1. The van der Waals surface area contributed by atoms with Gasteiger partial charge in [0, 0.05) is 48.0 Å². The summed E-state index contributed by atoms with van der Waals surface area (Å²) in [5, 5.41) is 16.8. The quantitative estimate of drug-likeness (QED) is 0.145. The lowest BCUT2D eigenvalue weighted by atomic mass is 9.81. The topological polar surface area (TPSA) is 182 Å². The molecule has 15 heteroatoms. The molecule has 0 aliphatic heterocycles. The van der Waals surface area contributed by atoms with Crippen LogP contribution in [-0.2, 0) is 20.7 Å². The van der Waals surface area contributed by atoms with Crippen molar-refractivity contribution in [3.63, 3.8) is 0 Å². The van der Waals surface area contributed by atoms with E-state index in [1.165, 1.54) is 6.07 Å². The highest BCUT2D eigenvalue weighted by Gasteiger charge is 2.35. The average molecular weight is 744 g/mol. The van der Waals surface area contributed by atoms with Gasteiger partial charge in [0.25, 0.3) is 5.91 Å². The van der Waals surface area contributed by atoms with E-state index >= 15 is 4.39 Å². The number of carbonyl (C=O) groups is 3. The van der Waals surface area contributed by atoms with E-state index in [4.69, 9.17) is 15.2 Å². The third-order valence-electron chi connectivity index (χ3n) is 9.15. The second-order valence-electron chi connectivity index (χ2n) is 14.9. The number of nitrogens with one attached hydrogen (secondary N) is 2. The Morgan fingerprint density at radius 2 is 1.74 bits per heavy atom. The van der Waals surface area contributed by atoms with Crippen LogP contribution in [0.1, 0.15) is 58.4 Å². The Morgan fingerprint density at radius 1 is 1.02 bits per heavy atom. The van der Waals surface area contributed by atoms with Crippen LogP contribution in [0, 0.1) is 17.7 Å². The highest BCUT2D eigenvalue weighted by molar-refractivity contribution is 6.17. The van der Waals surface area contributed by atoms with Crippen molar-refractivity contribution in [2.45, 2.75) is 70.9 Å². The van der Waals surface area contributed by atoms with Crippen molar-refractivity contribution in [3.05, 3.63) is 72.2 Å². The first-order valence-electron chi connectivity index (χ1n) is 18.2. The number of ether oxygens (including phenoxy) is 2. The maximum Gasteiger partial charge on any atom is 0.407 e. The first-order chi connectivity index (χ1) is 25.8. The lowest BCUT2D eigenvalue weighted by molar-refractivity contribution is -0.130. The van der Waals surface area contributed by atoms with Gasteiger partial charge in [0.05, 0.1) is 18.3 Å². The predicted octanol–water partition coefficient (Wildman–Crippen LogP) is 5.16. The van der Waals surface area contributed by atoms with Gasteiger partial charge in [0.1, 0.15) is 11.4 Å². The summed E-state index contributed by atoms with van der Waals surface area (Å²) < 4.78 is 26.5. The van der Waals surface area contributed by atoms with E-state index in [0.717, 1.165) is 17.9 Å². The molecule has 1 saturated carbocycles. The molecule has 0 saturated heterocycles. The Kier molecular flexibility index (Phi) is 13.4. The number of hydrogen-bond donors (Lipinski definition) is 3. The molecule has 4 N–H and O–H groups in total. The number of tetrazole rings is 1. The molecule has 2 heterocycles. The lowest BCUT2D eigenvalue weighted by Gasteiger charge is -2.32. The minimum absolute atomic E-state index is 0.00179. The molecule has 1 fully saturated rings. The number of carbonyl (C=O) groups excluding carboxylic acids is 3. The van der Waals surface area contributed by atoms with Crippen LogP contribution in [0.4, 0.5) is 14.9 Å². The first kappa shape index (κ1) is 39.9. The number of hydrogen-bond acceptors (Lipinski definition) is 11. The van der Waals surface area contributed by atoms with Gasteiger partial charge in [-0.05, 0) is 126 Å². The molecule has 1 aliphatic carbocycles. The van der Waals surface area contributed by atoms with Gasteiger partial charge >= 0.3 is 6.09 Å².